The standard InChI is InChI=1S/C11H14N2O2/c1-8(7-12)13-10(11(14)15)9-5-3-2-4-6-9/h2-6,10,13H,1,7,12H2,(H,14,15)/t10-/m0/s1. The summed E-state index contributed by atoms with van der Waals surface area (Å²) < 4.78 is 0. The maximum atomic E-state index is 11.0. The molecule has 0 aliphatic rings. The summed E-state index contributed by atoms with van der Waals surface area (Å²) in [5.74, 6) is -0.948. The Morgan fingerprint density at radius 2 is 2.07 bits per heavy atom. The zero-order chi connectivity index (χ0) is 11.3. The fourth-order valence-electron chi connectivity index (χ4n) is 1.20. The minimum atomic E-state index is -0.948. The van der Waals surface area contributed by atoms with E-state index in [1.165, 1.54) is 0 Å². The average Bonchev–Trinajstić information content (AvgIpc) is 2.26. The van der Waals surface area contributed by atoms with Gasteiger partial charge in [-0.25, -0.2) is 4.79 Å². The van der Waals surface area contributed by atoms with Crippen LogP contribution in [0.15, 0.2) is 42.6 Å². The Labute approximate surface area is 88.4 Å². The highest BCUT2D eigenvalue weighted by atomic mass is 16.4. The van der Waals surface area contributed by atoms with Crippen LogP contribution in [-0.4, -0.2) is 17.6 Å². The molecular formula is C11H14N2O2. The van der Waals surface area contributed by atoms with Crippen molar-refractivity contribution in [3.05, 3.63) is 48.2 Å². The molecule has 4 heteroatoms. The van der Waals surface area contributed by atoms with E-state index in [1.807, 2.05) is 6.07 Å². The van der Waals surface area contributed by atoms with Crippen LogP contribution in [0.4, 0.5) is 0 Å². The van der Waals surface area contributed by atoms with Gasteiger partial charge in [0.15, 0.2) is 0 Å². The monoisotopic (exact) mass is 206 g/mol. The molecule has 0 unspecified atom stereocenters. The van der Waals surface area contributed by atoms with Crippen LogP contribution in [0.5, 0.6) is 0 Å². The molecule has 0 aromatic heterocycles. The predicted molar refractivity (Wildman–Crippen MR) is 58.1 cm³/mol. The summed E-state index contributed by atoms with van der Waals surface area (Å²) >= 11 is 0. The second-order valence-corrected chi connectivity index (χ2v) is 3.13. The molecule has 1 aromatic carbocycles. The molecule has 0 heterocycles. The van der Waals surface area contributed by atoms with Gasteiger partial charge in [-0.15, -0.1) is 0 Å². The van der Waals surface area contributed by atoms with Crippen LogP contribution in [0.2, 0.25) is 0 Å². The van der Waals surface area contributed by atoms with Gasteiger partial charge in [0.25, 0.3) is 0 Å². The normalized spacial score (nSPS) is 11.8. The maximum Gasteiger partial charge on any atom is 0.330 e. The van der Waals surface area contributed by atoms with Crippen molar-refractivity contribution in [2.75, 3.05) is 6.54 Å². The van der Waals surface area contributed by atoms with Crippen molar-refractivity contribution in [3.8, 4) is 0 Å². The Morgan fingerprint density at radius 3 is 2.53 bits per heavy atom. The van der Waals surface area contributed by atoms with E-state index in [2.05, 4.69) is 11.9 Å². The molecule has 15 heavy (non-hydrogen) atoms. The van der Waals surface area contributed by atoms with Crippen LogP contribution in [0.3, 0.4) is 0 Å². The third-order valence-corrected chi connectivity index (χ3v) is 1.97. The largest absolute Gasteiger partial charge is 0.479 e. The fraction of sp³-hybridized carbons (Fsp3) is 0.182. The van der Waals surface area contributed by atoms with Crippen molar-refractivity contribution in [2.45, 2.75) is 6.04 Å². The summed E-state index contributed by atoms with van der Waals surface area (Å²) in [4.78, 5) is 11.0. The molecule has 0 radical (unpaired) electrons. The Hall–Kier alpha value is -1.81. The Kier molecular flexibility index (Phi) is 3.88. The van der Waals surface area contributed by atoms with Crippen molar-refractivity contribution in [3.63, 3.8) is 0 Å². The van der Waals surface area contributed by atoms with Crippen molar-refractivity contribution < 1.29 is 9.90 Å². The van der Waals surface area contributed by atoms with E-state index in [0.29, 0.717) is 11.3 Å². The van der Waals surface area contributed by atoms with Crippen molar-refractivity contribution in [1.29, 1.82) is 0 Å². The minimum Gasteiger partial charge on any atom is -0.479 e. The number of nitrogens with one attached hydrogen (secondary N) is 1. The summed E-state index contributed by atoms with van der Waals surface area (Å²) in [6.07, 6.45) is 0. The number of rotatable bonds is 5. The van der Waals surface area contributed by atoms with Crippen LogP contribution in [0.25, 0.3) is 0 Å². The lowest BCUT2D eigenvalue weighted by Crippen LogP contribution is -2.30. The molecule has 0 saturated carbocycles. The summed E-state index contributed by atoms with van der Waals surface area (Å²) in [5.41, 5.74) is 6.53. The first-order valence-corrected chi connectivity index (χ1v) is 4.57. The highest BCUT2D eigenvalue weighted by molar-refractivity contribution is 5.75. The quantitative estimate of drug-likeness (QED) is 0.668. The lowest BCUT2D eigenvalue weighted by Gasteiger charge is -2.16. The molecular weight excluding hydrogens is 192 g/mol. The highest BCUT2D eigenvalue weighted by Crippen LogP contribution is 2.13. The Balaban J connectivity index is 2.84. The van der Waals surface area contributed by atoms with Gasteiger partial charge in [0.1, 0.15) is 6.04 Å². The second kappa shape index (κ2) is 5.17. The number of aliphatic carboxylic acids is 1. The second-order valence-electron chi connectivity index (χ2n) is 3.13. The molecule has 0 fully saturated rings. The summed E-state index contributed by atoms with van der Waals surface area (Å²) in [5, 5.41) is 11.8. The summed E-state index contributed by atoms with van der Waals surface area (Å²) in [6, 6.07) is 8.11. The molecule has 4 N–H and O–H groups in total. The van der Waals surface area contributed by atoms with Gasteiger partial charge < -0.3 is 16.2 Å². The first kappa shape index (κ1) is 11.3. The van der Waals surface area contributed by atoms with Gasteiger partial charge in [-0.05, 0) is 5.56 Å². The number of benzene rings is 1. The Bertz CT molecular complexity index is 349. The molecule has 1 atom stereocenters. The van der Waals surface area contributed by atoms with E-state index in [1.54, 1.807) is 24.3 Å². The van der Waals surface area contributed by atoms with Gasteiger partial charge in [-0.3, -0.25) is 0 Å². The zero-order valence-corrected chi connectivity index (χ0v) is 8.31. The summed E-state index contributed by atoms with van der Waals surface area (Å²) in [6.45, 7) is 3.84. The zero-order valence-electron chi connectivity index (χ0n) is 8.31. The smallest absolute Gasteiger partial charge is 0.330 e. The lowest BCUT2D eigenvalue weighted by atomic mass is 10.1. The first-order valence-electron chi connectivity index (χ1n) is 4.57. The minimum absolute atomic E-state index is 0.219. The molecule has 0 amide bonds. The van der Waals surface area contributed by atoms with E-state index in [4.69, 9.17) is 10.8 Å². The van der Waals surface area contributed by atoms with Gasteiger partial charge in [0.05, 0.1) is 0 Å². The van der Waals surface area contributed by atoms with Gasteiger partial charge in [0.2, 0.25) is 0 Å². The fourth-order valence-corrected chi connectivity index (χ4v) is 1.20. The molecule has 0 bridgehead atoms. The molecule has 4 nitrogen and oxygen atoms in total. The topological polar surface area (TPSA) is 75.3 Å². The number of nitrogens with two attached hydrogens (primary N) is 1. The van der Waals surface area contributed by atoms with Crippen molar-refractivity contribution >= 4 is 5.97 Å². The highest BCUT2D eigenvalue weighted by Gasteiger charge is 2.18. The van der Waals surface area contributed by atoms with E-state index in [-0.39, 0.29) is 6.54 Å². The van der Waals surface area contributed by atoms with Crippen LogP contribution in [-0.2, 0) is 4.79 Å². The molecule has 1 rings (SSSR count). The lowest BCUT2D eigenvalue weighted by molar-refractivity contribution is -0.139. The molecule has 0 aliphatic carbocycles. The summed E-state index contributed by atoms with van der Waals surface area (Å²) in [7, 11) is 0. The molecule has 0 spiro atoms. The predicted octanol–water partition coefficient (Wildman–Crippen LogP) is 0.874. The van der Waals surface area contributed by atoms with Crippen LogP contribution in [0.1, 0.15) is 11.6 Å². The van der Waals surface area contributed by atoms with Crippen LogP contribution in [0, 0.1) is 0 Å². The van der Waals surface area contributed by atoms with E-state index < -0.39 is 12.0 Å². The number of carbonyl (C=O) groups is 1. The van der Waals surface area contributed by atoms with Crippen molar-refractivity contribution in [1.82, 2.24) is 5.32 Å². The number of carboxylic acids is 1. The van der Waals surface area contributed by atoms with Crippen LogP contribution >= 0.6 is 0 Å². The molecule has 0 aliphatic heterocycles. The van der Waals surface area contributed by atoms with E-state index >= 15 is 0 Å². The van der Waals surface area contributed by atoms with Gasteiger partial charge in [-0.1, -0.05) is 36.9 Å². The molecule has 1 aromatic rings. The first-order chi connectivity index (χ1) is 7.15. The van der Waals surface area contributed by atoms with E-state index in [0.717, 1.165) is 0 Å². The third kappa shape index (κ3) is 3.11. The molecule has 80 valence electrons. The van der Waals surface area contributed by atoms with Gasteiger partial charge >= 0.3 is 5.97 Å². The van der Waals surface area contributed by atoms with Crippen LogP contribution < -0.4 is 11.1 Å². The molecule has 0 saturated heterocycles. The number of hydrogen-bond acceptors (Lipinski definition) is 3. The Morgan fingerprint density at radius 1 is 1.47 bits per heavy atom. The number of carboxylic acid groups (broad SMARTS) is 1. The maximum absolute atomic E-state index is 11.0. The van der Waals surface area contributed by atoms with E-state index in [9.17, 15) is 4.79 Å². The third-order valence-electron chi connectivity index (χ3n) is 1.97. The average molecular weight is 206 g/mol. The van der Waals surface area contributed by atoms with Gasteiger partial charge in [0, 0.05) is 12.2 Å². The van der Waals surface area contributed by atoms with Gasteiger partial charge in [-0.2, -0.15) is 0 Å². The van der Waals surface area contributed by atoms with Crippen molar-refractivity contribution in [2.24, 2.45) is 5.73 Å². The SMILES string of the molecule is C=C(CN)N[C@H](C(=O)O)c1ccccc1. The number of hydrogen-bond donors (Lipinski definition) is 3.